The van der Waals surface area contributed by atoms with Gasteiger partial charge in [0.2, 0.25) is 0 Å². The molecule has 0 bridgehead atoms. The number of anilines is 1. The number of H-pyrrole nitrogens is 1. The maximum Gasteiger partial charge on any atom is 0.166 e. The Kier molecular flexibility index (Phi) is 5.21. The Morgan fingerprint density at radius 3 is 2.85 bits per heavy atom. The number of ketones is 1. The molecule has 0 saturated heterocycles. The number of nitrogens with two attached hydrogens (primary N) is 1. The van der Waals surface area contributed by atoms with Crippen molar-refractivity contribution >= 4 is 39.4 Å². The van der Waals surface area contributed by atoms with Crippen LogP contribution in [-0.4, -0.2) is 25.1 Å². The zero-order chi connectivity index (χ0) is 23.2. The second-order valence-electron chi connectivity index (χ2n) is 9.19. The second kappa shape index (κ2) is 8.40. The minimum atomic E-state index is 0.101. The first-order chi connectivity index (χ1) is 16.6. The van der Waals surface area contributed by atoms with Crippen molar-refractivity contribution in [1.82, 2.24) is 19.4 Å². The van der Waals surface area contributed by atoms with Crippen LogP contribution >= 0.6 is 11.3 Å². The highest BCUT2D eigenvalue weighted by molar-refractivity contribution is 7.08. The summed E-state index contributed by atoms with van der Waals surface area (Å²) in [6.07, 6.45) is 8.31. The zero-order valence-corrected chi connectivity index (χ0v) is 19.9. The average Bonchev–Trinajstić information content (AvgIpc) is 3.62. The van der Waals surface area contributed by atoms with Crippen LogP contribution in [0.15, 0.2) is 53.5 Å². The Bertz CT molecular complexity index is 1490. The molecule has 1 saturated carbocycles. The molecule has 6 rings (SSSR count). The molecule has 1 aromatic carbocycles. The lowest BCUT2D eigenvalue weighted by atomic mass is 9.78. The Morgan fingerprint density at radius 1 is 1.24 bits per heavy atom. The highest BCUT2D eigenvalue weighted by atomic mass is 32.1. The predicted octanol–water partition coefficient (Wildman–Crippen LogP) is 6.24. The van der Waals surface area contributed by atoms with E-state index in [1.807, 2.05) is 23.0 Å². The van der Waals surface area contributed by atoms with E-state index in [-0.39, 0.29) is 17.6 Å². The van der Waals surface area contributed by atoms with Crippen LogP contribution in [-0.2, 0) is 6.42 Å². The molecule has 34 heavy (non-hydrogen) atoms. The third-order valence-corrected chi connectivity index (χ3v) is 7.94. The highest BCUT2D eigenvalue weighted by Crippen LogP contribution is 2.40. The lowest BCUT2D eigenvalue weighted by Gasteiger charge is -2.26. The zero-order valence-electron chi connectivity index (χ0n) is 19.1. The fourth-order valence-electron chi connectivity index (χ4n) is 5.46. The number of nitrogens with one attached hydrogen (secondary N) is 1. The number of thiophene rings is 1. The molecule has 4 aromatic heterocycles. The maximum absolute atomic E-state index is 12.8. The largest absolute Gasteiger partial charge is 0.382 e. The third kappa shape index (κ3) is 3.42. The number of Topliss-reactive ketones (excluding diaryl/α,β-unsaturated/α-hetero) is 1. The summed E-state index contributed by atoms with van der Waals surface area (Å²) in [6.45, 7) is 2.17. The van der Waals surface area contributed by atoms with E-state index in [4.69, 9.17) is 10.7 Å². The van der Waals surface area contributed by atoms with Crippen LogP contribution < -0.4 is 5.73 Å². The smallest absolute Gasteiger partial charge is 0.166 e. The second-order valence-corrected chi connectivity index (χ2v) is 9.97. The van der Waals surface area contributed by atoms with Gasteiger partial charge in [-0.3, -0.25) is 9.20 Å². The van der Waals surface area contributed by atoms with Gasteiger partial charge in [-0.15, -0.1) is 0 Å². The summed E-state index contributed by atoms with van der Waals surface area (Å²) in [4.78, 5) is 26.0. The lowest BCUT2D eigenvalue weighted by molar-refractivity contribution is 0.0883. The number of hydrogen-bond acceptors (Lipinski definition) is 5. The fourth-order valence-corrected chi connectivity index (χ4v) is 6.10. The summed E-state index contributed by atoms with van der Waals surface area (Å²) in [5, 5.41) is 5.11. The van der Waals surface area contributed by atoms with Gasteiger partial charge in [-0.05, 0) is 55.2 Å². The van der Waals surface area contributed by atoms with Crippen LogP contribution in [0.2, 0.25) is 0 Å². The van der Waals surface area contributed by atoms with Crippen molar-refractivity contribution in [3.8, 4) is 11.4 Å². The number of rotatable bonds is 5. The maximum atomic E-state index is 12.8. The van der Waals surface area contributed by atoms with E-state index in [9.17, 15) is 4.79 Å². The number of nitrogen functional groups attached to an aromatic ring is 1. The molecule has 3 N–H and O–H groups in total. The van der Waals surface area contributed by atoms with Crippen molar-refractivity contribution in [1.29, 1.82) is 0 Å². The number of aromatic nitrogens is 4. The molecular formula is C27H27N5OS. The highest BCUT2D eigenvalue weighted by Gasteiger charge is 2.31. The van der Waals surface area contributed by atoms with E-state index in [2.05, 4.69) is 45.6 Å². The quantitative estimate of drug-likeness (QED) is 0.298. The van der Waals surface area contributed by atoms with E-state index < -0.39 is 0 Å². The SMILES string of the molecule is CCc1cccc2cc(-c3nc(C4CCC(C(=O)c5ccsc5)CC4)n4ccnc(N)c34)[nH]c12. The van der Waals surface area contributed by atoms with Gasteiger partial charge < -0.3 is 10.7 Å². The molecule has 0 atom stereocenters. The molecule has 7 heteroatoms. The predicted molar refractivity (Wildman–Crippen MR) is 137 cm³/mol. The van der Waals surface area contributed by atoms with E-state index >= 15 is 0 Å². The summed E-state index contributed by atoms with van der Waals surface area (Å²) in [5.74, 6) is 2.16. The van der Waals surface area contributed by atoms with Crippen molar-refractivity contribution in [2.24, 2.45) is 5.92 Å². The molecule has 0 radical (unpaired) electrons. The van der Waals surface area contributed by atoms with Gasteiger partial charge in [0.25, 0.3) is 0 Å². The van der Waals surface area contributed by atoms with Gasteiger partial charge in [-0.2, -0.15) is 11.3 Å². The minimum absolute atomic E-state index is 0.101. The molecule has 172 valence electrons. The molecule has 1 aliphatic carbocycles. The molecule has 0 aliphatic heterocycles. The molecule has 4 heterocycles. The molecular weight excluding hydrogens is 442 g/mol. The van der Waals surface area contributed by atoms with E-state index in [1.165, 1.54) is 10.9 Å². The number of carbonyl (C=O) groups excluding carboxylic acids is 1. The molecule has 0 unspecified atom stereocenters. The van der Waals surface area contributed by atoms with Gasteiger partial charge in [-0.25, -0.2) is 9.97 Å². The van der Waals surface area contributed by atoms with Gasteiger partial charge in [0.1, 0.15) is 22.9 Å². The molecule has 0 spiro atoms. The number of aryl methyl sites for hydroxylation is 1. The fraction of sp³-hybridized carbons (Fsp3) is 0.296. The number of aromatic amines is 1. The third-order valence-electron chi connectivity index (χ3n) is 7.26. The Labute approximate surface area is 201 Å². The number of carbonyl (C=O) groups is 1. The van der Waals surface area contributed by atoms with Crippen LogP contribution in [0.4, 0.5) is 5.82 Å². The first kappa shape index (κ1) is 21.1. The minimum Gasteiger partial charge on any atom is -0.382 e. The number of nitrogens with zero attached hydrogens (tertiary/aromatic N) is 3. The van der Waals surface area contributed by atoms with E-state index in [1.54, 1.807) is 17.5 Å². The van der Waals surface area contributed by atoms with Crippen molar-refractivity contribution in [2.75, 3.05) is 5.73 Å². The van der Waals surface area contributed by atoms with E-state index in [0.717, 1.165) is 65.9 Å². The normalized spacial score (nSPS) is 18.6. The van der Waals surface area contributed by atoms with Crippen molar-refractivity contribution in [3.63, 3.8) is 0 Å². The summed E-state index contributed by atoms with van der Waals surface area (Å²) in [7, 11) is 0. The molecule has 1 aliphatic rings. The van der Waals surface area contributed by atoms with Crippen LogP contribution in [0, 0.1) is 5.92 Å². The number of benzene rings is 1. The van der Waals surface area contributed by atoms with Gasteiger partial charge >= 0.3 is 0 Å². The van der Waals surface area contributed by atoms with Gasteiger partial charge in [-0.1, -0.05) is 25.1 Å². The Hall–Kier alpha value is -3.45. The number of hydrogen-bond donors (Lipinski definition) is 2. The number of fused-ring (bicyclic) bond motifs is 2. The standard InChI is InChI=1S/C27H27N5OS/c1-2-16-4-3-5-19-14-21(30-22(16)19)23-24-26(28)29-11-12-32(24)27(31-23)18-8-6-17(7-9-18)25(33)20-10-13-34-15-20/h3-5,10-15,17-18,30H,2,6-9H2,1H3,(H2,28,29). The van der Waals surface area contributed by atoms with Gasteiger partial charge in [0.05, 0.1) is 5.69 Å². The van der Waals surface area contributed by atoms with Crippen molar-refractivity contribution < 1.29 is 4.79 Å². The Morgan fingerprint density at radius 2 is 2.09 bits per heavy atom. The monoisotopic (exact) mass is 469 g/mol. The molecule has 5 aromatic rings. The number of para-hydroxylation sites is 1. The lowest BCUT2D eigenvalue weighted by Crippen LogP contribution is -2.22. The van der Waals surface area contributed by atoms with Crippen molar-refractivity contribution in [2.45, 2.75) is 44.9 Å². The summed E-state index contributed by atoms with van der Waals surface area (Å²) >= 11 is 1.58. The van der Waals surface area contributed by atoms with Crippen LogP contribution in [0.5, 0.6) is 0 Å². The summed E-state index contributed by atoms with van der Waals surface area (Å²) in [5.41, 5.74) is 12.3. The summed E-state index contributed by atoms with van der Waals surface area (Å²) in [6, 6.07) is 10.5. The van der Waals surface area contributed by atoms with Crippen molar-refractivity contribution in [3.05, 3.63) is 70.4 Å². The first-order valence-corrected chi connectivity index (χ1v) is 12.9. The van der Waals surface area contributed by atoms with Crippen LogP contribution in [0.25, 0.3) is 27.8 Å². The van der Waals surface area contributed by atoms with E-state index in [0.29, 0.717) is 5.82 Å². The van der Waals surface area contributed by atoms with Gasteiger partial charge in [0.15, 0.2) is 5.78 Å². The summed E-state index contributed by atoms with van der Waals surface area (Å²) < 4.78 is 2.11. The topological polar surface area (TPSA) is 89.1 Å². The molecule has 6 nitrogen and oxygen atoms in total. The average molecular weight is 470 g/mol. The van der Waals surface area contributed by atoms with Gasteiger partial charge in [0, 0.05) is 46.1 Å². The van der Waals surface area contributed by atoms with Crippen LogP contribution in [0.1, 0.15) is 60.3 Å². The molecule has 0 amide bonds. The molecule has 1 fully saturated rings. The Balaban J connectivity index is 1.36. The number of imidazole rings is 1. The van der Waals surface area contributed by atoms with Crippen LogP contribution in [0.3, 0.4) is 0 Å². The first-order valence-electron chi connectivity index (χ1n) is 11.9.